The monoisotopic (exact) mass is 324 g/mol. The highest BCUT2D eigenvalue weighted by Gasteiger charge is 2.09. The van der Waals surface area contributed by atoms with Crippen molar-refractivity contribution in [2.75, 3.05) is 6.54 Å². The van der Waals surface area contributed by atoms with Crippen LogP contribution in [0.2, 0.25) is 0 Å². The van der Waals surface area contributed by atoms with Crippen LogP contribution in [0.3, 0.4) is 0 Å². The molecule has 0 bridgehead atoms. The van der Waals surface area contributed by atoms with Gasteiger partial charge < -0.3 is 5.32 Å². The molecule has 0 saturated carbocycles. The van der Waals surface area contributed by atoms with E-state index in [0.717, 1.165) is 18.5 Å². The molecule has 2 aromatic rings. The van der Waals surface area contributed by atoms with E-state index in [-0.39, 0.29) is 24.5 Å². The molecule has 126 valence electrons. The van der Waals surface area contributed by atoms with Crippen molar-refractivity contribution in [1.29, 1.82) is 0 Å². The van der Waals surface area contributed by atoms with Crippen molar-refractivity contribution in [2.45, 2.75) is 39.0 Å². The Morgan fingerprint density at radius 1 is 1.00 bits per heavy atom. The van der Waals surface area contributed by atoms with Gasteiger partial charge in [-0.15, -0.1) is 0 Å². The van der Waals surface area contributed by atoms with E-state index in [2.05, 4.69) is 17.2 Å². The first-order valence-electron chi connectivity index (χ1n) is 8.47. The number of carbonyl (C=O) groups is 2. The third-order valence-corrected chi connectivity index (χ3v) is 3.82. The minimum Gasteiger partial charge on any atom is -0.356 e. The molecule has 4 nitrogen and oxygen atoms in total. The average molecular weight is 324 g/mol. The van der Waals surface area contributed by atoms with Crippen LogP contribution in [-0.2, 0) is 17.6 Å². The van der Waals surface area contributed by atoms with E-state index >= 15 is 0 Å². The first kappa shape index (κ1) is 17.9. The number of ketones is 1. The zero-order valence-electron chi connectivity index (χ0n) is 14.1. The van der Waals surface area contributed by atoms with E-state index < -0.39 is 0 Å². The number of rotatable bonds is 9. The highest BCUT2D eigenvalue weighted by molar-refractivity contribution is 5.97. The summed E-state index contributed by atoms with van der Waals surface area (Å²) in [4.78, 5) is 28.2. The number of nitrogens with zero attached hydrogens (tertiary/aromatic N) is 1. The molecule has 0 unspecified atom stereocenters. The number of hydrogen-bond acceptors (Lipinski definition) is 3. The van der Waals surface area contributed by atoms with Crippen LogP contribution in [0.4, 0.5) is 0 Å². The molecule has 0 aliphatic heterocycles. The molecule has 24 heavy (non-hydrogen) atoms. The zero-order chi connectivity index (χ0) is 17.2. The fourth-order valence-electron chi connectivity index (χ4n) is 2.48. The number of Topliss-reactive ketones (excluding diaryl/α,β-unsaturated/α-hetero) is 1. The molecule has 1 heterocycles. The Bertz CT molecular complexity index is 651. The molecule has 1 amide bonds. The third-order valence-electron chi connectivity index (χ3n) is 3.82. The van der Waals surface area contributed by atoms with Crippen LogP contribution in [0.1, 0.15) is 47.8 Å². The molecule has 4 heteroatoms. The number of amides is 1. The van der Waals surface area contributed by atoms with E-state index in [1.165, 1.54) is 5.56 Å². The van der Waals surface area contributed by atoms with Crippen LogP contribution in [0, 0.1) is 0 Å². The Balaban J connectivity index is 1.69. The van der Waals surface area contributed by atoms with E-state index in [1.807, 2.05) is 42.5 Å². The van der Waals surface area contributed by atoms with Crippen molar-refractivity contribution in [2.24, 2.45) is 0 Å². The SMILES string of the molecule is CCCc1ccc(C(=O)CCC(=O)NCCc2ccccn2)cc1. The van der Waals surface area contributed by atoms with Crippen molar-refractivity contribution in [3.05, 3.63) is 65.5 Å². The van der Waals surface area contributed by atoms with Gasteiger partial charge in [0, 0.05) is 43.3 Å². The molecule has 0 radical (unpaired) electrons. The Labute approximate surface area is 143 Å². The van der Waals surface area contributed by atoms with Crippen molar-refractivity contribution in [3.8, 4) is 0 Å². The van der Waals surface area contributed by atoms with Crippen molar-refractivity contribution < 1.29 is 9.59 Å². The number of carbonyl (C=O) groups excluding carboxylic acids is 2. The lowest BCUT2D eigenvalue weighted by Crippen LogP contribution is -2.26. The summed E-state index contributed by atoms with van der Waals surface area (Å²) in [7, 11) is 0. The normalized spacial score (nSPS) is 10.4. The molecule has 1 aromatic heterocycles. The molecule has 0 spiro atoms. The van der Waals surface area contributed by atoms with Crippen LogP contribution in [0.15, 0.2) is 48.7 Å². The summed E-state index contributed by atoms with van der Waals surface area (Å²) in [5.41, 5.74) is 2.86. The smallest absolute Gasteiger partial charge is 0.220 e. The fraction of sp³-hybridized carbons (Fsp3) is 0.350. The molecule has 1 N–H and O–H groups in total. The maximum Gasteiger partial charge on any atom is 0.220 e. The predicted octanol–water partition coefficient (Wildman–Crippen LogP) is 3.36. The second-order valence-corrected chi connectivity index (χ2v) is 5.79. The number of pyridine rings is 1. The van der Waals surface area contributed by atoms with Gasteiger partial charge in [0.05, 0.1) is 0 Å². The van der Waals surface area contributed by atoms with E-state index in [9.17, 15) is 9.59 Å². The van der Waals surface area contributed by atoms with Gasteiger partial charge >= 0.3 is 0 Å². The lowest BCUT2D eigenvalue weighted by molar-refractivity contribution is -0.121. The fourth-order valence-corrected chi connectivity index (χ4v) is 2.48. The quantitative estimate of drug-likeness (QED) is 0.720. The van der Waals surface area contributed by atoms with Crippen LogP contribution >= 0.6 is 0 Å². The minimum absolute atomic E-state index is 0.0120. The van der Waals surface area contributed by atoms with Gasteiger partial charge in [0.1, 0.15) is 0 Å². The second-order valence-electron chi connectivity index (χ2n) is 5.79. The number of hydrogen-bond donors (Lipinski definition) is 1. The average Bonchev–Trinajstić information content (AvgIpc) is 2.61. The van der Waals surface area contributed by atoms with Gasteiger partial charge in [0.15, 0.2) is 5.78 Å². The Hall–Kier alpha value is -2.49. The summed E-state index contributed by atoms with van der Waals surface area (Å²) in [6, 6.07) is 13.4. The predicted molar refractivity (Wildman–Crippen MR) is 95.0 cm³/mol. The zero-order valence-corrected chi connectivity index (χ0v) is 14.1. The maximum absolute atomic E-state index is 12.1. The highest BCUT2D eigenvalue weighted by Crippen LogP contribution is 2.10. The van der Waals surface area contributed by atoms with Gasteiger partial charge in [-0.05, 0) is 24.1 Å². The lowest BCUT2D eigenvalue weighted by Gasteiger charge is -2.05. The van der Waals surface area contributed by atoms with Crippen molar-refractivity contribution in [3.63, 3.8) is 0 Å². The van der Waals surface area contributed by atoms with Gasteiger partial charge in [0.2, 0.25) is 5.91 Å². The van der Waals surface area contributed by atoms with Crippen LogP contribution in [-0.4, -0.2) is 23.2 Å². The summed E-state index contributed by atoms with van der Waals surface area (Å²) in [6.45, 7) is 2.67. The van der Waals surface area contributed by atoms with Gasteiger partial charge in [-0.2, -0.15) is 0 Å². The van der Waals surface area contributed by atoms with Gasteiger partial charge in [0.25, 0.3) is 0 Å². The highest BCUT2D eigenvalue weighted by atomic mass is 16.2. The van der Waals surface area contributed by atoms with Crippen LogP contribution in [0.5, 0.6) is 0 Å². The van der Waals surface area contributed by atoms with Gasteiger partial charge in [-0.25, -0.2) is 0 Å². The Morgan fingerprint density at radius 2 is 1.79 bits per heavy atom. The summed E-state index contributed by atoms with van der Waals surface area (Å²) in [6.07, 6.45) is 5.00. The molecule has 2 rings (SSSR count). The Morgan fingerprint density at radius 3 is 2.46 bits per heavy atom. The minimum atomic E-state index is -0.0955. The molecule has 0 aliphatic carbocycles. The van der Waals surface area contributed by atoms with Crippen LogP contribution < -0.4 is 5.32 Å². The number of aryl methyl sites for hydroxylation is 1. The van der Waals surface area contributed by atoms with Gasteiger partial charge in [-0.3, -0.25) is 14.6 Å². The summed E-state index contributed by atoms with van der Waals surface area (Å²) >= 11 is 0. The summed E-state index contributed by atoms with van der Waals surface area (Å²) in [5.74, 6) is -0.0835. The molecule has 0 aliphatic rings. The maximum atomic E-state index is 12.1. The molecule has 0 atom stereocenters. The van der Waals surface area contributed by atoms with Gasteiger partial charge in [-0.1, -0.05) is 43.7 Å². The first-order chi connectivity index (χ1) is 11.7. The van der Waals surface area contributed by atoms with Crippen molar-refractivity contribution >= 4 is 11.7 Å². The summed E-state index contributed by atoms with van der Waals surface area (Å²) < 4.78 is 0. The molecule has 1 aromatic carbocycles. The van der Waals surface area contributed by atoms with Crippen LogP contribution in [0.25, 0.3) is 0 Å². The van der Waals surface area contributed by atoms with E-state index in [0.29, 0.717) is 18.5 Å². The topological polar surface area (TPSA) is 59.1 Å². The Kier molecular flexibility index (Phi) is 7.15. The largest absolute Gasteiger partial charge is 0.356 e. The first-order valence-corrected chi connectivity index (χ1v) is 8.47. The molecular weight excluding hydrogens is 300 g/mol. The second kappa shape index (κ2) is 9.60. The lowest BCUT2D eigenvalue weighted by atomic mass is 10.0. The summed E-state index contributed by atoms with van der Waals surface area (Å²) in [5, 5.41) is 2.83. The molecule has 0 saturated heterocycles. The third kappa shape index (κ3) is 5.95. The van der Waals surface area contributed by atoms with E-state index in [4.69, 9.17) is 0 Å². The number of aromatic nitrogens is 1. The van der Waals surface area contributed by atoms with Crippen molar-refractivity contribution in [1.82, 2.24) is 10.3 Å². The molecular formula is C20H24N2O2. The van der Waals surface area contributed by atoms with E-state index in [1.54, 1.807) is 6.20 Å². The number of nitrogens with one attached hydrogen (secondary N) is 1. The standard InChI is InChI=1S/C20H24N2O2/c1-2-5-16-7-9-17(10-8-16)19(23)11-12-20(24)22-15-13-18-6-3-4-14-21-18/h3-4,6-10,14H,2,5,11-13,15H2,1H3,(H,22,24). The molecule has 0 fully saturated rings. The number of benzene rings is 1.